The van der Waals surface area contributed by atoms with Crippen molar-refractivity contribution in [2.45, 2.75) is 24.1 Å². The molecule has 5 heteroatoms. The van der Waals surface area contributed by atoms with Crippen molar-refractivity contribution in [1.29, 1.82) is 5.26 Å². The highest BCUT2D eigenvalue weighted by atomic mass is 32.2. The van der Waals surface area contributed by atoms with E-state index in [0.717, 1.165) is 16.8 Å². The van der Waals surface area contributed by atoms with E-state index >= 15 is 0 Å². The molecular formula is C16H15N3OS. The van der Waals surface area contributed by atoms with Gasteiger partial charge in [-0.05, 0) is 31.0 Å². The van der Waals surface area contributed by atoms with Gasteiger partial charge in [0.15, 0.2) is 0 Å². The Morgan fingerprint density at radius 3 is 2.57 bits per heavy atom. The number of benzene rings is 1. The predicted molar refractivity (Wildman–Crippen MR) is 82.7 cm³/mol. The average molecular weight is 297 g/mol. The fraction of sp³-hybridized carbons (Fsp3) is 0.188. The number of pyridine rings is 1. The van der Waals surface area contributed by atoms with Gasteiger partial charge in [0.2, 0.25) is 5.91 Å². The highest BCUT2D eigenvalue weighted by Crippen LogP contribution is 2.36. The molecule has 1 amide bonds. The number of nitriles is 1. The summed E-state index contributed by atoms with van der Waals surface area (Å²) in [5, 5.41) is 9.27. The molecule has 2 rings (SSSR count). The number of aryl methyl sites for hydroxylation is 2. The lowest BCUT2D eigenvalue weighted by atomic mass is 10.1. The van der Waals surface area contributed by atoms with Crippen LogP contribution in [0.25, 0.3) is 0 Å². The van der Waals surface area contributed by atoms with Crippen LogP contribution in [0, 0.1) is 25.2 Å². The SMILES string of the molecule is Cc1cc(C)c(C#N)c(SC(C(N)=O)c2ccccc2)n1. The Hall–Kier alpha value is -2.32. The highest BCUT2D eigenvalue weighted by molar-refractivity contribution is 8.00. The zero-order valence-corrected chi connectivity index (χ0v) is 12.6. The average Bonchev–Trinajstić information content (AvgIpc) is 2.45. The number of carbonyl (C=O) groups is 1. The van der Waals surface area contributed by atoms with Crippen LogP contribution in [0.4, 0.5) is 0 Å². The lowest BCUT2D eigenvalue weighted by molar-refractivity contribution is -0.117. The minimum absolute atomic E-state index is 0.448. The van der Waals surface area contributed by atoms with Gasteiger partial charge in [0, 0.05) is 5.69 Å². The van der Waals surface area contributed by atoms with Gasteiger partial charge in [-0.3, -0.25) is 4.79 Å². The van der Waals surface area contributed by atoms with Gasteiger partial charge in [-0.15, -0.1) is 0 Å². The van der Waals surface area contributed by atoms with Crippen LogP contribution in [-0.2, 0) is 4.79 Å². The summed E-state index contributed by atoms with van der Waals surface area (Å²) in [6.45, 7) is 3.72. The maximum atomic E-state index is 11.8. The third-order valence-electron chi connectivity index (χ3n) is 3.01. The minimum atomic E-state index is -0.563. The van der Waals surface area contributed by atoms with Gasteiger partial charge < -0.3 is 5.73 Å². The molecule has 1 aromatic carbocycles. The lowest BCUT2D eigenvalue weighted by Gasteiger charge is -2.14. The summed E-state index contributed by atoms with van der Waals surface area (Å²) in [5.41, 5.74) is 8.47. The summed E-state index contributed by atoms with van der Waals surface area (Å²) < 4.78 is 0. The largest absolute Gasteiger partial charge is 0.368 e. The Kier molecular flexibility index (Phi) is 4.61. The van der Waals surface area contributed by atoms with Gasteiger partial charge in [0.1, 0.15) is 16.3 Å². The normalized spacial score (nSPS) is 11.7. The zero-order valence-electron chi connectivity index (χ0n) is 11.8. The van der Waals surface area contributed by atoms with Crippen LogP contribution in [0.3, 0.4) is 0 Å². The Morgan fingerprint density at radius 2 is 2.00 bits per heavy atom. The van der Waals surface area contributed by atoms with Crippen LogP contribution in [0.15, 0.2) is 41.4 Å². The molecule has 1 heterocycles. The first-order valence-corrected chi connectivity index (χ1v) is 7.30. The molecule has 1 atom stereocenters. The van der Waals surface area contributed by atoms with Crippen molar-refractivity contribution >= 4 is 17.7 Å². The molecule has 2 N–H and O–H groups in total. The van der Waals surface area contributed by atoms with E-state index in [1.54, 1.807) is 0 Å². The second-order valence-electron chi connectivity index (χ2n) is 4.68. The number of thioether (sulfide) groups is 1. The molecule has 4 nitrogen and oxygen atoms in total. The van der Waals surface area contributed by atoms with Crippen LogP contribution in [-0.4, -0.2) is 10.9 Å². The van der Waals surface area contributed by atoms with Crippen LogP contribution in [0.5, 0.6) is 0 Å². The summed E-state index contributed by atoms with van der Waals surface area (Å²) >= 11 is 1.22. The molecule has 0 radical (unpaired) electrons. The number of hydrogen-bond acceptors (Lipinski definition) is 4. The molecule has 1 aromatic heterocycles. The fourth-order valence-corrected chi connectivity index (χ4v) is 3.21. The molecular weight excluding hydrogens is 282 g/mol. The van der Waals surface area contributed by atoms with Crippen molar-refractivity contribution in [3.8, 4) is 6.07 Å². The number of rotatable bonds is 4. The Balaban J connectivity index is 2.44. The third-order valence-corrected chi connectivity index (χ3v) is 4.27. The number of aromatic nitrogens is 1. The molecule has 0 saturated carbocycles. The summed E-state index contributed by atoms with van der Waals surface area (Å²) in [6, 6.07) is 13.3. The number of hydrogen-bond donors (Lipinski definition) is 1. The minimum Gasteiger partial charge on any atom is -0.368 e. The van der Waals surface area contributed by atoms with Crippen molar-refractivity contribution in [2.24, 2.45) is 5.73 Å². The number of carbonyl (C=O) groups excluding carboxylic acids is 1. The second kappa shape index (κ2) is 6.42. The van der Waals surface area contributed by atoms with E-state index in [1.807, 2.05) is 50.2 Å². The Morgan fingerprint density at radius 1 is 1.33 bits per heavy atom. The van der Waals surface area contributed by atoms with Crippen molar-refractivity contribution in [1.82, 2.24) is 4.98 Å². The van der Waals surface area contributed by atoms with E-state index in [9.17, 15) is 10.1 Å². The molecule has 0 saturated heterocycles. The smallest absolute Gasteiger partial charge is 0.235 e. The van der Waals surface area contributed by atoms with Crippen molar-refractivity contribution in [3.63, 3.8) is 0 Å². The fourth-order valence-electron chi connectivity index (χ4n) is 2.05. The number of nitrogens with two attached hydrogens (primary N) is 1. The van der Waals surface area contributed by atoms with E-state index in [4.69, 9.17) is 5.73 Å². The quantitative estimate of drug-likeness (QED) is 0.880. The first-order valence-electron chi connectivity index (χ1n) is 6.42. The molecule has 0 bridgehead atoms. The van der Waals surface area contributed by atoms with Crippen LogP contribution in [0.1, 0.15) is 27.6 Å². The van der Waals surface area contributed by atoms with Gasteiger partial charge in [-0.2, -0.15) is 5.26 Å². The molecule has 0 fully saturated rings. The van der Waals surface area contributed by atoms with E-state index in [2.05, 4.69) is 11.1 Å². The van der Waals surface area contributed by atoms with Gasteiger partial charge in [-0.1, -0.05) is 42.1 Å². The second-order valence-corrected chi connectivity index (χ2v) is 5.78. The lowest BCUT2D eigenvalue weighted by Crippen LogP contribution is -2.19. The summed E-state index contributed by atoms with van der Waals surface area (Å²) in [6.07, 6.45) is 0. The molecule has 106 valence electrons. The number of primary amides is 1. The molecule has 0 aliphatic rings. The number of amides is 1. The van der Waals surface area contributed by atoms with Crippen molar-refractivity contribution < 1.29 is 4.79 Å². The molecule has 21 heavy (non-hydrogen) atoms. The van der Waals surface area contributed by atoms with Gasteiger partial charge in [-0.25, -0.2) is 4.98 Å². The molecule has 0 aliphatic carbocycles. The monoisotopic (exact) mass is 297 g/mol. The highest BCUT2D eigenvalue weighted by Gasteiger charge is 2.22. The summed E-state index contributed by atoms with van der Waals surface area (Å²) in [5.74, 6) is -0.448. The molecule has 0 aliphatic heterocycles. The van der Waals surface area contributed by atoms with Gasteiger partial charge in [0.05, 0.1) is 5.56 Å². The van der Waals surface area contributed by atoms with E-state index < -0.39 is 11.2 Å². The van der Waals surface area contributed by atoms with Crippen molar-refractivity contribution in [2.75, 3.05) is 0 Å². The van der Waals surface area contributed by atoms with E-state index in [0.29, 0.717) is 10.6 Å². The molecule has 1 unspecified atom stereocenters. The standard InChI is InChI=1S/C16H15N3OS/c1-10-8-11(2)19-16(13(10)9-17)21-14(15(18)20)12-6-4-3-5-7-12/h3-8,14H,1-2H3,(H2,18,20). The maximum absolute atomic E-state index is 11.8. The summed E-state index contributed by atoms with van der Waals surface area (Å²) in [4.78, 5) is 16.1. The van der Waals surface area contributed by atoms with Crippen LogP contribution < -0.4 is 5.73 Å². The zero-order chi connectivity index (χ0) is 15.4. The Bertz CT molecular complexity index is 707. The first kappa shape index (κ1) is 15.1. The van der Waals surface area contributed by atoms with Gasteiger partial charge in [0.25, 0.3) is 0 Å². The van der Waals surface area contributed by atoms with Crippen LogP contribution >= 0.6 is 11.8 Å². The van der Waals surface area contributed by atoms with Gasteiger partial charge >= 0.3 is 0 Å². The third kappa shape index (κ3) is 3.41. The molecule has 2 aromatic rings. The topological polar surface area (TPSA) is 79.8 Å². The maximum Gasteiger partial charge on any atom is 0.235 e. The predicted octanol–water partition coefficient (Wildman–Crippen LogP) is 2.89. The first-order chi connectivity index (χ1) is 10.0. The Labute approximate surface area is 128 Å². The summed E-state index contributed by atoms with van der Waals surface area (Å²) in [7, 11) is 0. The van der Waals surface area contributed by atoms with Crippen molar-refractivity contribution in [3.05, 3.63) is 58.8 Å². The number of nitrogens with zero attached hydrogens (tertiary/aromatic N) is 2. The van der Waals surface area contributed by atoms with Crippen LogP contribution in [0.2, 0.25) is 0 Å². The van der Waals surface area contributed by atoms with E-state index in [-0.39, 0.29) is 0 Å². The molecule has 0 spiro atoms. The van der Waals surface area contributed by atoms with E-state index in [1.165, 1.54) is 11.8 Å².